The van der Waals surface area contributed by atoms with E-state index in [1.54, 1.807) is 0 Å². The van der Waals surface area contributed by atoms with E-state index < -0.39 is 28.3 Å². The number of benzene rings is 2. The zero-order valence-electron chi connectivity index (χ0n) is 9.74. The molecule has 0 fully saturated rings. The monoisotopic (exact) mass is 466 g/mol. The molecule has 2 aromatic carbocycles. The van der Waals surface area contributed by atoms with Gasteiger partial charge in [-0.25, -0.2) is 0 Å². The van der Waals surface area contributed by atoms with E-state index in [1.165, 1.54) is 10.6 Å². The average molecular weight is 465 g/mol. The first-order valence-electron chi connectivity index (χ1n) is 5.63. The van der Waals surface area contributed by atoms with Crippen LogP contribution in [0.3, 0.4) is 0 Å². The standard InChI is InChI=1S/C12H11PS2.CH3.Hg/c14-13(15,11-7-3-1-4-8-11)12-9-5-2-6-10-12;;/h1-10H,(H,14,15);1H3;/q;;+1/p-1. The van der Waals surface area contributed by atoms with Crippen LogP contribution in [0.1, 0.15) is 0 Å². The van der Waals surface area contributed by atoms with Gasteiger partial charge in [0.2, 0.25) is 0 Å². The van der Waals surface area contributed by atoms with Crippen molar-refractivity contribution in [1.82, 2.24) is 0 Å². The summed E-state index contributed by atoms with van der Waals surface area (Å²) in [6.07, 6.45) is 0. The van der Waals surface area contributed by atoms with Crippen molar-refractivity contribution in [3.63, 3.8) is 0 Å². The summed E-state index contributed by atoms with van der Waals surface area (Å²) in [7, 11) is 2.13. The molecule has 0 nitrogen and oxygen atoms in total. The third-order valence-electron chi connectivity index (χ3n) is 2.50. The van der Waals surface area contributed by atoms with Crippen LogP contribution in [-0.4, -0.2) is 0 Å². The van der Waals surface area contributed by atoms with Crippen molar-refractivity contribution in [3.8, 4) is 0 Å². The van der Waals surface area contributed by atoms with E-state index in [9.17, 15) is 0 Å². The van der Waals surface area contributed by atoms with E-state index in [0.29, 0.717) is 0 Å². The topological polar surface area (TPSA) is 0 Å². The van der Waals surface area contributed by atoms with Crippen molar-refractivity contribution in [3.05, 3.63) is 60.7 Å². The van der Waals surface area contributed by atoms with Gasteiger partial charge in [0.1, 0.15) is 0 Å². The molecule has 0 radical (unpaired) electrons. The molecule has 0 atom stereocenters. The number of hydrogen-bond acceptors (Lipinski definition) is 2. The van der Waals surface area contributed by atoms with E-state index >= 15 is 0 Å². The molecule has 2 rings (SSSR count). The Hall–Kier alpha value is 0.375. The minimum atomic E-state index is -1.58. The molecule has 0 saturated heterocycles. The third kappa shape index (κ3) is 3.23. The van der Waals surface area contributed by atoms with Crippen molar-refractivity contribution in [1.29, 1.82) is 0 Å². The van der Waals surface area contributed by atoms with E-state index in [0.717, 1.165) is 0 Å². The van der Waals surface area contributed by atoms with Gasteiger partial charge in [0, 0.05) is 0 Å². The first-order valence-corrected chi connectivity index (χ1v) is 22.3. The van der Waals surface area contributed by atoms with Crippen molar-refractivity contribution in [2.75, 3.05) is 0 Å². The fourth-order valence-electron chi connectivity index (χ4n) is 1.73. The van der Waals surface area contributed by atoms with Crippen molar-refractivity contribution < 1.29 is 23.1 Å². The summed E-state index contributed by atoms with van der Waals surface area (Å²) in [5.41, 5.74) is 0. The predicted molar refractivity (Wildman–Crippen MR) is 79.9 cm³/mol. The number of rotatable bonds is 4. The number of hydrogen-bond donors (Lipinski definition) is 0. The third-order valence-corrected chi connectivity index (χ3v) is 39.6. The molecule has 0 aliphatic heterocycles. The molecular weight excluding hydrogens is 452 g/mol. The SMILES string of the molecule is [CH3][Hg][S]P(=S)(c1ccccc1)c1ccccc1. The summed E-state index contributed by atoms with van der Waals surface area (Å²) in [6, 6.07) is 21.3. The van der Waals surface area contributed by atoms with Crippen LogP contribution in [0, 0.1) is 0 Å². The Morgan fingerprint density at radius 3 is 1.65 bits per heavy atom. The zero-order valence-corrected chi connectivity index (χ0v) is 17.8. The van der Waals surface area contributed by atoms with Crippen LogP contribution >= 0.6 is 13.1 Å². The maximum atomic E-state index is 6.06. The Balaban J connectivity index is 2.51. The van der Waals surface area contributed by atoms with E-state index in [4.69, 9.17) is 11.8 Å². The summed E-state index contributed by atoms with van der Waals surface area (Å²) in [5.74, 6) is 0. The molecule has 0 amide bonds. The van der Waals surface area contributed by atoms with Crippen LogP contribution in [0.25, 0.3) is 0 Å². The molecule has 0 spiro atoms. The molecular formula is C13H13HgPS2. The predicted octanol–water partition coefficient (Wildman–Crippen LogP) is 3.81. The Morgan fingerprint density at radius 2 is 1.29 bits per heavy atom. The van der Waals surface area contributed by atoms with Gasteiger partial charge in [-0.15, -0.1) is 0 Å². The second kappa shape index (κ2) is 6.52. The first-order chi connectivity index (χ1) is 8.27. The fourth-order valence-corrected chi connectivity index (χ4v) is 38.7. The summed E-state index contributed by atoms with van der Waals surface area (Å²) in [4.78, 5) is 0. The quantitative estimate of drug-likeness (QED) is 0.498. The second-order valence-corrected chi connectivity index (χ2v) is 27.1. The van der Waals surface area contributed by atoms with Crippen LogP contribution in [0.5, 0.6) is 0 Å². The summed E-state index contributed by atoms with van der Waals surface area (Å²) in [6.45, 7) is 0. The molecule has 17 heavy (non-hydrogen) atoms. The van der Waals surface area contributed by atoms with Gasteiger partial charge in [0.25, 0.3) is 0 Å². The fraction of sp³-hybridized carbons (Fsp3) is 0.0769. The van der Waals surface area contributed by atoms with Gasteiger partial charge in [-0.2, -0.15) is 0 Å². The Bertz CT molecular complexity index is 470. The van der Waals surface area contributed by atoms with Crippen LogP contribution < -0.4 is 10.6 Å². The molecule has 0 aliphatic rings. The van der Waals surface area contributed by atoms with Crippen LogP contribution in [0.2, 0.25) is 4.43 Å². The molecule has 2 aromatic rings. The Labute approximate surface area is 123 Å². The summed E-state index contributed by atoms with van der Waals surface area (Å²) >= 11 is 5.24. The molecule has 0 N–H and O–H groups in total. The average Bonchev–Trinajstić information content (AvgIpc) is 2.41. The molecule has 0 heterocycles. The van der Waals surface area contributed by atoms with Gasteiger partial charge < -0.3 is 0 Å². The minimum absolute atomic E-state index is 0.819. The van der Waals surface area contributed by atoms with E-state index in [2.05, 4.69) is 73.0 Å². The molecule has 0 saturated carbocycles. The van der Waals surface area contributed by atoms with Crippen molar-refractivity contribution in [2.24, 2.45) is 0 Å². The normalized spacial score (nSPS) is 10.9. The first kappa shape index (κ1) is 13.8. The van der Waals surface area contributed by atoms with E-state index in [1.807, 2.05) is 0 Å². The van der Waals surface area contributed by atoms with Gasteiger partial charge >= 0.3 is 124 Å². The second-order valence-electron chi connectivity index (χ2n) is 3.64. The zero-order chi connectivity index (χ0) is 12.1. The van der Waals surface area contributed by atoms with Crippen LogP contribution in [0.4, 0.5) is 0 Å². The summed E-state index contributed by atoms with van der Waals surface area (Å²) in [5, 5.41) is 1.13. The van der Waals surface area contributed by atoms with Gasteiger partial charge in [0.05, 0.1) is 0 Å². The summed E-state index contributed by atoms with van der Waals surface area (Å²) < 4.78 is 2.40. The van der Waals surface area contributed by atoms with Crippen molar-refractivity contribution >= 4 is 35.5 Å². The molecule has 4 heteroatoms. The van der Waals surface area contributed by atoms with Gasteiger partial charge in [0.15, 0.2) is 0 Å². The van der Waals surface area contributed by atoms with Gasteiger partial charge in [-0.1, -0.05) is 0 Å². The maximum absolute atomic E-state index is 6.06. The van der Waals surface area contributed by atoms with Gasteiger partial charge in [-0.3, -0.25) is 0 Å². The molecule has 0 unspecified atom stereocenters. The molecule has 0 aliphatic carbocycles. The molecule has 84 valence electrons. The van der Waals surface area contributed by atoms with Crippen molar-refractivity contribution in [2.45, 2.75) is 4.43 Å². The van der Waals surface area contributed by atoms with Gasteiger partial charge in [-0.05, 0) is 0 Å². The molecule has 0 bridgehead atoms. The van der Waals surface area contributed by atoms with Crippen LogP contribution in [0.15, 0.2) is 60.7 Å². The van der Waals surface area contributed by atoms with Crippen LogP contribution in [-0.2, 0) is 34.9 Å². The Kier molecular flexibility index (Phi) is 5.29. The van der Waals surface area contributed by atoms with E-state index in [-0.39, 0.29) is 0 Å². The molecule has 0 aromatic heterocycles. The Morgan fingerprint density at radius 1 is 0.882 bits per heavy atom.